The molecular weight excluding hydrogens is 367 g/mol. The Bertz CT molecular complexity index is 698. The second-order valence-corrected chi connectivity index (χ2v) is 5.65. The molecule has 2 rings (SSSR count). The van der Waals surface area contributed by atoms with Crippen molar-refractivity contribution in [1.82, 2.24) is 4.98 Å². The maximum Gasteiger partial charge on any atom is 0.422 e. The average molecular weight is 380 g/mol. The molecule has 8 heteroatoms. The number of fused-ring (bicyclic) bond motifs is 1. The van der Waals surface area contributed by atoms with E-state index in [-0.39, 0.29) is 12.0 Å². The summed E-state index contributed by atoms with van der Waals surface area (Å²) >= 11 is 3.18. The van der Waals surface area contributed by atoms with Crippen LogP contribution >= 0.6 is 15.9 Å². The molecule has 1 atom stereocenters. The van der Waals surface area contributed by atoms with Gasteiger partial charge >= 0.3 is 12.1 Å². The van der Waals surface area contributed by atoms with Gasteiger partial charge in [-0.1, -0.05) is 15.9 Å². The first kappa shape index (κ1) is 16.8. The standard InChI is InChI=1S/C14H13BrF3NO3/c1-2-22-12(20)6-13(21,14(16,17)18)10-7-19-11-4-3-8(15)5-9(10)11/h3-5,7,19,21H,2,6H2,1H3. The minimum absolute atomic E-state index is 0.0633. The van der Waals surface area contributed by atoms with E-state index in [0.717, 1.165) is 6.20 Å². The number of benzene rings is 1. The van der Waals surface area contributed by atoms with E-state index in [2.05, 4.69) is 25.7 Å². The molecule has 0 saturated heterocycles. The minimum Gasteiger partial charge on any atom is -0.466 e. The van der Waals surface area contributed by atoms with Crippen LogP contribution in [-0.4, -0.2) is 28.8 Å². The van der Waals surface area contributed by atoms with E-state index in [1.54, 1.807) is 12.1 Å². The smallest absolute Gasteiger partial charge is 0.422 e. The van der Waals surface area contributed by atoms with Crippen molar-refractivity contribution in [3.8, 4) is 0 Å². The van der Waals surface area contributed by atoms with E-state index in [9.17, 15) is 23.1 Å². The molecule has 1 aromatic heterocycles. The maximum absolute atomic E-state index is 13.4. The normalized spacial score (nSPS) is 14.8. The Morgan fingerprint density at radius 2 is 2.09 bits per heavy atom. The summed E-state index contributed by atoms with van der Waals surface area (Å²) in [4.78, 5) is 14.2. The molecule has 4 nitrogen and oxygen atoms in total. The van der Waals surface area contributed by atoms with E-state index in [4.69, 9.17) is 0 Å². The van der Waals surface area contributed by atoms with Crippen molar-refractivity contribution in [3.63, 3.8) is 0 Å². The van der Waals surface area contributed by atoms with Crippen LogP contribution in [0.2, 0.25) is 0 Å². The highest BCUT2D eigenvalue weighted by Gasteiger charge is 2.57. The predicted molar refractivity (Wildman–Crippen MR) is 77.2 cm³/mol. The highest BCUT2D eigenvalue weighted by Crippen LogP contribution is 2.44. The number of aromatic amines is 1. The third-order valence-corrected chi connectivity index (χ3v) is 3.76. The Morgan fingerprint density at radius 3 is 2.68 bits per heavy atom. The molecule has 22 heavy (non-hydrogen) atoms. The topological polar surface area (TPSA) is 62.3 Å². The SMILES string of the molecule is CCOC(=O)CC(O)(c1c[nH]c2ccc(Br)cc12)C(F)(F)F. The summed E-state index contributed by atoms with van der Waals surface area (Å²) in [5, 5.41) is 10.4. The van der Waals surface area contributed by atoms with Crippen LogP contribution < -0.4 is 0 Å². The van der Waals surface area contributed by atoms with Crippen molar-refractivity contribution < 1.29 is 27.8 Å². The van der Waals surface area contributed by atoms with Crippen molar-refractivity contribution >= 4 is 32.8 Å². The summed E-state index contributed by atoms with van der Waals surface area (Å²) < 4.78 is 45.3. The highest BCUT2D eigenvalue weighted by atomic mass is 79.9. The first-order chi connectivity index (χ1) is 10.2. The lowest BCUT2D eigenvalue weighted by Gasteiger charge is -2.29. The van der Waals surface area contributed by atoms with Crippen LogP contribution in [0.15, 0.2) is 28.9 Å². The fraction of sp³-hybridized carbons (Fsp3) is 0.357. The zero-order valence-electron chi connectivity index (χ0n) is 11.5. The van der Waals surface area contributed by atoms with Crippen LogP contribution in [0.5, 0.6) is 0 Å². The summed E-state index contributed by atoms with van der Waals surface area (Å²) in [6.45, 7) is 1.42. The van der Waals surface area contributed by atoms with Gasteiger partial charge in [-0.2, -0.15) is 13.2 Å². The molecule has 0 spiro atoms. The van der Waals surface area contributed by atoms with E-state index >= 15 is 0 Å². The first-order valence-corrected chi connectivity index (χ1v) is 7.20. The lowest BCUT2D eigenvalue weighted by molar-refractivity contribution is -0.269. The summed E-state index contributed by atoms with van der Waals surface area (Å²) in [7, 11) is 0. The van der Waals surface area contributed by atoms with Crippen molar-refractivity contribution in [2.24, 2.45) is 0 Å². The van der Waals surface area contributed by atoms with Crippen LogP contribution in [0.25, 0.3) is 10.9 Å². The van der Waals surface area contributed by atoms with Crippen molar-refractivity contribution in [1.29, 1.82) is 0 Å². The molecule has 0 bridgehead atoms. The largest absolute Gasteiger partial charge is 0.466 e. The average Bonchev–Trinajstić information content (AvgIpc) is 2.80. The van der Waals surface area contributed by atoms with Crippen molar-refractivity contribution in [2.75, 3.05) is 6.61 Å². The number of alkyl halides is 3. The zero-order chi connectivity index (χ0) is 16.5. The molecule has 0 aliphatic heterocycles. The van der Waals surface area contributed by atoms with Gasteiger partial charge in [0.25, 0.3) is 0 Å². The number of H-pyrrole nitrogens is 1. The number of hydrogen-bond acceptors (Lipinski definition) is 3. The Morgan fingerprint density at radius 1 is 1.41 bits per heavy atom. The lowest BCUT2D eigenvalue weighted by atomic mass is 9.89. The molecule has 0 saturated carbocycles. The lowest BCUT2D eigenvalue weighted by Crippen LogP contribution is -2.44. The molecule has 2 aromatic rings. The summed E-state index contributed by atoms with van der Waals surface area (Å²) in [6.07, 6.45) is -5.18. The first-order valence-electron chi connectivity index (χ1n) is 6.41. The fourth-order valence-electron chi connectivity index (χ4n) is 2.20. The maximum atomic E-state index is 13.4. The van der Waals surface area contributed by atoms with Gasteiger partial charge in [-0.3, -0.25) is 4.79 Å². The van der Waals surface area contributed by atoms with E-state index in [1.807, 2.05) is 0 Å². The minimum atomic E-state index is -5.03. The number of carbonyl (C=O) groups excluding carboxylic acids is 1. The molecule has 1 unspecified atom stereocenters. The van der Waals surface area contributed by atoms with Gasteiger partial charge in [0.15, 0.2) is 5.60 Å². The Labute approximate surface area is 132 Å². The van der Waals surface area contributed by atoms with E-state index in [1.165, 1.54) is 13.0 Å². The van der Waals surface area contributed by atoms with Crippen molar-refractivity contribution in [3.05, 3.63) is 34.4 Å². The number of hydrogen-bond donors (Lipinski definition) is 2. The van der Waals surface area contributed by atoms with E-state index in [0.29, 0.717) is 9.99 Å². The summed E-state index contributed by atoms with van der Waals surface area (Å²) in [5.74, 6) is -1.12. The summed E-state index contributed by atoms with van der Waals surface area (Å²) in [5.41, 5.74) is -3.31. The number of aliphatic hydroxyl groups is 1. The second-order valence-electron chi connectivity index (χ2n) is 4.73. The molecule has 0 aliphatic rings. The molecular formula is C14H13BrF3NO3. The number of halogens is 4. The van der Waals surface area contributed by atoms with Crippen LogP contribution in [0.3, 0.4) is 0 Å². The van der Waals surface area contributed by atoms with Gasteiger partial charge in [-0.15, -0.1) is 0 Å². The number of nitrogens with one attached hydrogen (secondary N) is 1. The molecule has 2 N–H and O–H groups in total. The van der Waals surface area contributed by atoms with Gasteiger partial charge in [0, 0.05) is 27.1 Å². The summed E-state index contributed by atoms with van der Waals surface area (Å²) in [6, 6.07) is 4.67. The Balaban J connectivity index is 2.57. The monoisotopic (exact) mass is 379 g/mol. The Hall–Kier alpha value is -1.54. The Kier molecular flexibility index (Phi) is 4.53. The van der Waals surface area contributed by atoms with Gasteiger partial charge < -0.3 is 14.8 Å². The van der Waals surface area contributed by atoms with Gasteiger partial charge in [0.1, 0.15) is 0 Å². The molecule has 0 aliphatic carbocycles. The van der Waals surface area contributed by atoms with Crippen LogP contribution in [0, 0.1) is 0 Å². The zero-order valence-corrected chi connectivity index (χ0v) is 13.1. The number of aromatic nitrogens is 1. The van der Waals surface area contributed by atoms with Gasteiger partial charge in [-0.25, -0.2) is 0 Å². The van der Waals surface area contributed by atoms with Crippen LogP contribution in [0.1, 0.15) is 18.9 Å². The number of rotatable bonds is 4. The molecule has 0 fully saturated rings. The van der Waals surface area contributed by atoms with Crippen molar-refractivity contribution in [2.45, 2.75) is 25.1 Å². The van der Waals surface area contributed by atoms with Gasteiger partial charge in [0.2, 0.25) is 0 Å². The van der Waals surface area contributed by atoms with E-state index < -0.39 is 29.7 Å². The second kappa shape index (κ2) is 5.92. The third kappa shape index (κ3) is 2.98. The number of carbonyl (C=O) groups is 1. The third-order valence-electron chi connectivity index (χ3n) is 3.26. The molecule has 0 amide bonds. The number of esters is 1. The van der Waals surface area contributed by atoms with Crippen LogP contribution in [0.4, 0.5) is 13.2 Å². The molecule has 1 heterocycles. The molecule has 1 aromatic carbocycles. The predicted octanol–water partition coefficient (Wildman–Crippen LogP) is 3.63. The number of ether oxygens (including phenoxy) is 1. The quantitative estimate of drug-likeness (QED) is 0.797. The molecule has 0 radical (unpaired) electrons. The highest BCUT2D eigenvalue weighted by molar-refractivity contribution is 9.10. The van der Waals surface area contributed by atoms with Gasteiger partial charge in [0.05, 0.1) is 13.0 Å². The van der Waals surface area contributed by atoms with Gasteiger partial charge in [-0.05, 0) is 25.1 Å². The molecule has 120 valence electrons. The van der Waals surface area contributed by atoms with Crippen LogP contribution in [-0.2, 0) is 15.1 Å². The fourth-order valence-corrected chi connectivity index (χ4v) is 2.57.